The molecule has 1 saturated heterocycles. The molecule has 224 valence electrons. The van der Waals surface area contributed by atoms with E-state index in [4.69, 9.17) is 5.73 Å². The first-order valence-corrected chi connectivity index (χ1v) is 15.2. The second kappa shape index (κ2) is 11.5. The van der Waals surface area contributed by atoms with Gasteiger partial charge < -0.3 is 26.5 Å². The number of hydrogen-bond acceptors (Lipinski definition) is 13. The van der Waals surface area contributed by atoms with Gasteiger partial charge in [-0.3, -0.25) is 19.3 Å². The summed E-state index contributed by atoms with van der Waals surface area (Å²) in [5, 5.41) is 34.0. The predicted molar refractivity (Wildman–Crippen MR) is 150 cm³/mol. The molecule has 2 aliphatic heterocycles. The summed E-state index contributed by atoms with van der Waals surface area (Å²) in [6, 6.07) is -0.792. The van der Waals surface area contributed by atoms with E-state index in [1.54, 1.807) is 0 Å². The highest BCUT2D eigenvalue weighted by Gasteiger charge is 2.54. The summed E-state index contributed by atoms with van der Waals surface area (Å²) in [6.07, 6.45) is 0. The number of nitrogens with one attached hydrogen (secondary N) is 1. The number of carboxylic acid groups (broad SMARTS) is 2. The number of fused-ring (bicyclic) bond motifs is 2. The molecule has 0 aliphatic carbocycles. The van der Waals surface area contributed by atoms with Crippen LogP contribution >= 0.6 is 46.2 Å². The van der Waals surface area contributed by atoms with Crippen molar-refractivity contribution in [1.29, 1.82) is 0 Å². The number of halogens is 3. The Balaban J connectivity index is 1.41. The average Bonchev–Trinajstić information content (AvgIpc) is 3.39. The molecular formula is C23H14F3N5O8S4. The topological polar surface area (TPSA) is 213 Å². The Morgan fingerprint density at radius 1 is 1.19 bits per heavy atom. The number of nitrogens with zero attached hydrogens (tertiary/aromatic N) is 3. The summed E-state index contributed by atoms with van der Waals surface area (Å²) >= 11 is 3.08. The molecule has 6 N–H and O–H groups in total. The molecule has 4 heterocycles. The average molecular weight is 674 g/mol. The quantitative estimate of drug-likeness (QED) is 0.0581. The standard InChI is InChI=1S/C23H14F3N5O8S4/c24-7-1-6-15(32)9(20(35)36)22(43-16(6)11(26)10(7)25)41-3-5-2-40-19-13(18(34)31(19)14(5)21(37)38)29-17(33)12(30-39)8-4-42-23(27)28-8/h1,4,13,19,39H,2-3H2,(H2,27,28)(H,29,33)(H,35,36)(H,37,38)/b30-12-/t13-,19+/m1/s1. The lowest BCUT2D eigenvalue weighted by molar-refractivity contribution is -0.150. The highest BCUT2D eigenvalue weighted by molar-refractivity contribution is 8.02. The van der Waals surface area contributed by atoms with Crippen LogP contribution in [0.3, 0.4) is 0 Å². The van der Waals surface area contributed by atoms with E-state index in [2.05, 4.69) is 15.5 Å². The van der Waals surface area contributed by atoms with Gasteiger partial charge in [0.2, 0.25) is 5.43 Å². The number of rotatable bonds is 8. The smallest absolute Gasteiger partial charge is 0.352 e. The number of benzene rings is 1. The molecule has 1 fully saturated rings. The number of carbonyl (C=O) groups is 4. The Morgan fingerprint density at radius 2 is 1.91 bits per heavy atom. The minimum Gasteiger partial charge on any atom is -0.477 e. The van der Waals surface area contributed by atoms with Crippen LogP contribution in [-0.4, -0.2) is 77.7 Å². The minimum absolute atomic E-state index is 0.0158. The van der Waals surface area contributed by atoms with E-state index in [1.807, 2.05) is 0 Å². The number of carboxylic acids is 2. The minimum atomic E-state index is -1.85. The van der Waals surface area contributed by atoms with Gasteiger partial charge in [-0.15, -0.1) is 46.2 Å². The fraction of sp³-hybridized carbons (Fsp3) is 0.174. The Bertz CT molecular complexity index is 1880. The third-order valence-corrected chi connectivity index (χ3v) is 10.8. The first kappa shape index (κ1) is 30.3. The fourth-order valence-electron chi connectivity index (χ4n) is 4.27. The molecule has 0 radical (unpaired) electrons. The zero-order valence-corrected chi connectivity index (χ0v) is 24.1. The molecule has 2 aromatic heterocycles. The van der Waals surface area contributed by atoms with Crippen molar-refractivity contribution in [2.75, 3.05) is 17.2 Å². The van der Waals surface area contributed by atoms with E-state index >= 15 is 0 Å². The third-order valence-electron chi connectivity index (χ3n) is 6.20. The largest absolute Gasteiger partial charge is 0.477 e. The van der Waals surface area contributed by atoms with Gasteiger partial charge in [-0.25, -0.2) is 27.7 Å². The van der Waals surface area contributed by atoms with E-state index in [1.165, 1.54) is 5.38 Å². The lowest BCUT2D eigenvalue weighted by atomic mass is 10.0. The summed E-state index contributed by atoms with van der Waals surface area (Å²) < 4.78 is 41.1. The highest BCUT2D eigenvalue weighted by atomic mass is 32.2. The van der Waals surface area contributed by atoms with E-state index in [9.17, 15) is 52.6 Å². The van der Waals surface area contributed by atoms with Gasteiger partial charge in [-0.1, -0.05) is 5.16 Å². The van der Waals surface area contributed by atoms with Gasteiger partial charge in [0.15, 0.2) is 28.3 Å². The van der Waals surface area contributed by atoms with Crippen molar-refractivity contribution in [3.05, 3.63) is 61.6 Å². The van der Waals surface area contributed by atoms with Crippen LogP contribution in [0.4, 0.5) is 18.3 Å². The Hall–Kier alpha value is -4.14. The molecule has 2 aliphatic rings. The zero-order valence-electron chi connectivity index (χ0n) is 20.8. The number of hydrogen-bond donors (Lipinski definition) is 5. The van der Waals surface area contributed by atoms with Gasteiger partial charge in [-0.2, -0.15) is 0 Å². The Labute approximate surface area is 252 Å². The molecule has 2 atom stereocenters. The molecule has 5 rings (SSSR count). The van der Waals surface area contributed by atoms with Gasteiger partial charge in [0.05, 0.1) is 8.91 Å². The number of aromatic carboxylic acids is 1. The SMILES string of the molecule is Nc1nc(/C(=N/O)C(=O)N[C@@H]2C(=O)N3C(C(=O)O)=C(CSc4sc5c(F)c(F)c(F)cc5c(=O)c4C(=O)O)CS[C@@H]23)cs1. The molecule has 0 unspecified atom stereocenters. The van der Waals surface area contributed by atoms with Crippen molar-refractivity contribution in [1.82, 2.24) is 15.2 Å². The molecule has 3 aromatic rings. The number of β-lactam (4-membered cyclic amide) rings is 1. The normalized spacial score (nSPS) is 18.4. The molecule has 20 heteroatoms. The maximum absolute atomic E-state index is 14.5. The number of aliphatic carboxylic acids is 1. The van der Waals surface area contributed by atoms with Crippen molar-refractivity contribution >= 4 is 90.9 Å². The van der Waals surface area contributed by atoms with Crippen LogP contribution in [0.5, 0.6) is 0 Å². The number of anilines is 1. The van der Waals surface area contributed by atoms with Crippen LogP contribution < -0.4 is 16.5 Å². The molecule has 2 amide bonds. The first-order valence-electron chi connectivity index (χ1n) is 11.5. The van der Waals surface area contributed by atoms with Gasteiger partial charge in [0.1, 0.15) is 28.4 Å². The van der Waals surface area contributed by atoms with Crippen molar-refractivity contribution < 1.29 is 47.8 Å². The lowest BCUT2D eigenvalue weighted by Gasteiger charge is -2.49. The summed E-state index contributed by atoms with van der Waals surface area (Å²) in [6.45, 7) is 0. The highest BCUT2D eigenvalue weighted by Crippen LogP contribution is 2.43. The van der Waals surface area contributed by atoms with Crippen molar-refractivity contribution in [3.63, 3.8) is 0 Å². The monoisotopic (exact) mass is 673 g/mol. The predicted octanol–water partition coefficient (Wildman–Crippen LogP) is 2.12. The summed E-state index contributed by atoms with van der Waals surface area (Å²) in [5.74, 6) is -10.5. The van der Waals surface area contributed by atoms with Crippen LogP contribution in [0.15, 0.2) is 36.9 Å². The van der Waals surface area contributed by atoms with E-state index in [-0.39, 0.29) is 32.1 Å². The number of carbonyl (C=O) groups excluding carboxylic acids is 2. The first-order chi connectivity index (χ1) is 20.3. The second-order valence-electron chi connectivity index (χ2n) is 8.69. The second-order valence-corrected chi connectivity index (χ2v) is 12.9. The zero-order chi connectivity index (χ0) is 31.3. The Kier molecular flexibility index (Phi) is 8.11. The number of oxime groups is 1. The number of nitrogen functional groups attached to an aromatic ring is 1. The van der Waals surface area contributed by atoms with Gasteiger partial charge >= 0.3 is 11.9 Å². The lowest BCUT2D eigenvalue weighted by Crippen LogP contribution is -2.71. The van der Waals surface area contributed by atoms with Crippen LogP contribution in [0, 0.1) is 17.5 Å². The summed E-state index contributed by atoms with van der Waals surface area (Å²) in [7, 11) is 0. The molecule has 0 spiro atoms. The number of thioether (sulfide) groups is 2. The van der Waals surface area contributed by atoms with Crippen molar-refractivity contribution in [2.24, 2.45) is 5.16 Å². The van der Waals surface area contributed by atoms with Crippen molar-refractivity contribution in [3.8, 4) is 0 Å². The van der Waals surface area contributed by atoms with Gasteiger partial charge in [0, 0.05) is 22.3 Å². The molecule has 13 nitrogen and oxygen atoms in total. The van der Waals surface area contributed by atoms with E-state index in [0.29, 0.717) is 29.2 Å². The molecule has 43 heavy (non-hydrogen) atoms. The fourth-order valence-corrected chi connectivity index (χ4v) is 8.73. The van der Waals surface area contributed by atoms with Gasteiger partial charge in [-0.05, 0) is 11.6 Å². The van der Waals surface area contributed by atoms with Crippen LogP contribution in [-0.2, 0) is 14.4 Å². The van der Waals surface area contributed by atoms with Crippen LogP contribution in [0.2, 0.25) is 0 Å². The van der Waals surface area contributed by atoms with Crippen LogP contribution in [0.1, 0.15) is 16.1 Å². The number of amides is 2. The van der Waals surface area contributed by atoms with Crippen molar-refractivity contribution in [2.45, 2.75) is 15.6 Å². The summed E-state index contributed by atoms with van der Waals surface area (Å²) in [5.41, 5.74) is 2.57. The molecule has 0 bridgehead atoms. The van der Waals surface area contributed by atoms with E-state index < -0.39 is 85.1 Å². The molecule has 0 saturated carbocycles. The summed E-state index contributed by atoms with van der Waals surface area (Å²) in [4.78, 5) is 67.3. The number of nitrogens with two attached hydrogens (primary N) is 1. The maximum Gasteiger partial charge on any atom is 0.352 e. The Morgan fingerprint density at radius 3 is 2.51 bits per heavy atom. The van der Waals surface area contributed by atoms with E-state index in [0.717, 1.165) is 28.0 Å². The number of thiazole rings is 1. The maximum atomic E-state index is 14.5. The van der Waals surface area contributed by atoms with Crippen LogP contribution in [0.25, 0.3) is 10.1 Å². The van der Waals surface area contributed by atoms with Gasteiger partial charge in [0.25, 0.3) is 11.8 Å². The third kappa shape index (κ3) is 5.19. The molecular weight excluding hydrogens is 660 g/mol. The number of aromatic nitrogens is 1. The molecule has 1 aromatic carbocycles.